The first-order chi connectivity index (χ1) is 7.90. The van der Waals surface area contributed by atoms with Crippen molar-refractivity contribution in [2.45, 2.75) is 40.2 Å². The van der Waals surface area contributed by atoms with Crippen LogP contribution in [0.2, 0.25) is 0 Å². The van der Waals surface area contributed by atoms with Crippen LogP contribution in [0.25, 0.3) is 0 Å². The maximum Gasteiger partial charge on any atom is 0.0358 e. The van der Waals surface area contributed by atoms with Crippen LogP contribution >= 0.6 is 11.6 Å². The van der Waals surface area contributed by atoms with Crippen LogP contribution in [0, 0.1) is 27.7 Å². The molecule has 1 aromatic carbocycles. The number of rotatable bonds is 4. The van der Waals surface area contributed by atoms with Crippen molar-refractivity contribution in [1.82, 2.24) is 4.90 Å². The molecule has 0 fully saturated rings. The number of nitrogens with zero attached hydrogens (tertiary/aromatic N) is 1. The fourth-order valence-corrected chi connectivity index (χ4v) is 2.72. The molecule has 0 aliphatic heterocycles. The van der Waals surface area contributed by atoms with Crippen molar-refractivity contribution in [2.24, 2.45) is 0 Å². The van der Waals surface area contributed by atoms with Gasteiger partial charge in [0.15, 0.2) is 0 Å². The number of halogens is 1. The zero-order chi connectivity index (χ0) is 13.2. The van der Waals surface area contributed by atoms with E-state index >= 15 is 0 Å². The van der Waals surface area contributed by atoms with Gasteiger partial charge >= 0.3 is 0 Å². The number of hydrogen-bond acceptors (Lipinski definition) is 1. The Morgan fingerprint density at radius 1 is 1.06 bits per heavy atom. The lowest BCUT2D eigenvalue weighted by molar-refractivity contribution is 0.291. The standard InChI is InChI=1S/C15H24ClN/c1-10-9-11(2)13(4)15(12(10)3)14(7-8-16)17(5)6/h9,14H,7-8H2,1-6H3. The summed E-state index contributed by atoms with van der Waals surface area (Å²) in [7, 11) is 4.27. The summed E-state index contributed by atoms with van der Waals surface area (Å²) >= 11 is 5.95. The number of hydrogen-bond donors (Lipinski definition) is 0. The smallest absolute Gasteiger partial charge is 0.0358 e. The van der Waals surface area contributed by atoms with Gasteiger partial charge in [0.1, 0.15) is 0 Å². The number of aryl methyl sites for hydroxylation is 2. The van der Waals surface area contributed by atoms with E-state index in [4.69, 9.17) is 11.6 Å². The molecule has 0 aliphatic carbocycles. The normalized spacial score (nSPS) is 13.2. The molecule has 0 amide bonds. The number of benzene rings is 1. The van der Waals surface area contributed by atoms with Gasteiger partial charge in [-0.3, -0.25) is 0 Å². The predicted octanol–water partition coefficient (Wildman–Crippen LogP) is 4.15. The first-order valence-electron chi connectivity index (χ1n) is 6.19. The molecule has 1 atom stereocenters. The summed E-state index contributed by atoms with van der Waals surface area (Å²) in [4.78, 5) is 2.27. The van der Waals surface area contributed by atoms with Crippen LogP contribution in [-0.2, 0) is 0 Å². The Kier molecular flexibility index (Phi) is 5.03. The molecule has 1 aromatic rings. The van der Waals surface area contributed by atoms with E-state index in [0.29, 0.717) is 11.9 Å². The zero-order valence-electron chi connectivity index (χ0n) is 11.9. The minimum Gasteiger partial charge on any atom is -0.302 e. The molecule has 17 heavy (non-hydrogen) atoms. The quantitative estimate of drug-likeness (QED) is 0.729. The van der Waals surface area contributed by atoms with E-state index in [0.717, 1.165) is 6.42 Å². The Labute approximate surface area is 111 Å². The third-order valence-electron chi connectivity index (χ3n) is 3.76. The van der Waals surface area contributed by atoms with Crippen molar-refractivity contribution in [3.8, 4) is 0 Å². The Morgan fingerprint density at radius 2 is 1.53 bits per heavy atom. The molecule has 1 rings (SSSR count). The van der Waals surface area contributed by atoms with Crippen LogP contribution in [0.15, 0.2) is 6.07 Å². The summed E-state index contributed by atoms with van der Waals surface area (Å²) in [5, 5.41) is 0. The largest absolute Gasteiger partial charge is 0.302 e. The SMILES string of the molecule is Cc1cc(C)c(C)c(C(CCCl)N(C)C)c1C. The van der Waals surface area contributed by atoms with Gasteiger partial charge in [-0.2, -0.15) is 0 Å². The molecule has 0 saturated heterocycles. The summed E-state index contributed by atoms with van der Waals surface area (Å²) in [5.41, 5.74) is 7.05. The van der Waals surface area contributed by atoms with Crippen molar-refractivity contribution in [1.29, 1.82) is 0 Å². The Balaban J connectivity index is 3.36. The molecule has 0 spiro atoms. The first-order valence-corrected chi connectivity index (χ1v) is 6.73. The second-order valence-corrected chi connectivity index (χ2v) is 5.51. The molecule has 1 nitrogen and oxygen atoms in total. The van der Waals surface area contributed by atoms with Gasteiger partial charge < -0.3 is 4.90 Å². The van der Waals surface area contributed by atoms with E-state index in [1.807, 2.05) is 0 Å². The van der Waals surface area contributed by atoms with E-state index in [9.17, 15) is 0 Å². The maximum absolute atomic E-state index is 5.95. The second kappa shape index (κ2) is 5.88. The molecule has 96 valence electrons. The fraction of sp³-hybridized carbons (Fsp3) is 0.600. The monoisotopic (exact) mass is 253 g/mol. The zero-order valence-corrected chi connectivity index (χ0v) is 12.7. The highest BCUT2D eigenvalue weighted by molar-refractivity contribution is 6.17. The lowest BCUT2D eigenvalue weighted by atomic mass is 9.88. The molecule has 0 radical (unpaired) electrons. The van der Waals surface area contributed by atoms with Gasteiger partial charge in [0.2, 0.25) is 0 Å². The summed E-state index contributed by atoms with van der Waals surface area (Å²) in [6.07, 6.45) is 0.999. The van der Waals surface area contributed by atoms with Crippen molar-refractivity contribution in [2.75, 3.05) is 20.0 Å². The molecule has 2 heteroatoms. The summed E-state index contributed by atoms with van der Waals surface area (Å²) in [5.74, 6) is 0.703. The first kappa shape index (κ1) is 14.5. The van der Waals surface area contributed by atoms with E-state index in [2.05, 4.69) is 52.8 Å². The maximum atomic E-state index is 5.95. The van der Waals surface area contributed by atoms with Crippen molar-refractivity contribution in [3.63, 3.8) is 0 Å². The van der Waals surface area contributed by atoms with Gasteiger partial charge in [0.05, 0.1) is 0 Å². The van der Waals surface area contributed by atoms with Crippen LogP contribution < -0.4 is 0 Å². The van der Waals surface area contributed by atoms with Crippen molar-refractivity contribution >= 4 is 11.6 Å². The molecule has 0 heterocycles. The summed E-state index contributed by atoms with van der Waals surface area (Å²) in [6, 6.07) is 2.70. The highest BCUT2D eigenvalue weighted by Gasteiger charge is 2.19. The van der Waals surface area contributed by atoms with Gasteiger partial charge in [0, 0.05) is 11.9 Å². The lowest BCUT2D eigenvalue weighted by Crippen LogP contribution is -2.23. The third kappa shape index (κ3) is 3.02. The Morgan fingerprint density at radius 3 is 1.88 bits per heavy atom. The second-order valence-electron chi connectivity index (χ2n) is 5.13. The molecular formula is C15H24ClN. The molecule has 1 unspecified atom stereocenters. The van der Waals surface area contributed by atoms with Crippen LogP contribution in [0.3, 0.4) is 0 Å². The molecule has 0 aliphatic rings. The van der Waals surface area contributed by atoms with Crippen LogP contribution in [0.4, 0.5) is 0 Å². The topological polar surface area (TPSA) is 3.24 Å². The van der Waals surface area contributed by atoms with Gasteiger partial charge in [-0.15, -0.1) is 11.6 Å². The molecule has 0 saturated carbocycles. The number of alkyl halides is 1. The third-order valence-corrected chi connectivity index (χ3v) is 3.98. The predicted molar refractivity (Wildman–Crippen MR) is 77.2 cm³/mol. The van der Waals surface area contributed by atoms with Crippen LogP contribution in [0.5, 0.6) is 0 Å². The Bertz CT molecular complexity index is 370. The highest BCUT2D eigenvalue weighted by atomic mass is 35.5. The van der Waals surface area contributed by atoms with Crippen molar-refractivity contribution in [3.05, 3.63) is 33.9 Å². The van der Waals surface area contributed by atoms with E-state index < -0.39 is 0 Å². The molecular weight excluding hydrogens is 230 g/mol. The van der Waals surface area contributed by atoms with Crippen LogP contribution in [-0.4, -0.2) is 24.9 Å². The highest BCUT2D eigenvalue weighted by Crippen LogP contribution is 2.32. The van der Waals surface area contributed by atoms with Crippen LogP contribution in [0.1, 0.15) is 40.3 Å². The van der Waals surface area contributed by atoms with Gasteiger partial charge in [-0.05, 0) is 76.0 Å². The van der Waals surface area contributed by atoms with E-state index in [1.165, 1.54) is 27.8 Å². The Hall–Kier alpha value is -0.530. The van der Waals surface area contributed by atoms with Crippen molar-refractivity contribution < 1.29 is 0 Å². The van der Waals surface area contributed by atoms with Gasteiger partial charge in [-0.25, -0.2) is 0 Å². The fourth-order valence-electron chi connectivity index (χ4n) is 2.51. The average Bonchev–Trinajstić information content (AvgIpc) is 2.25. The molecule has 0 bridgehead atoms. The minimum atomic E-state index is 0.422. The van der Waals surface area contributed by atoms with E-state index in [-0.39, 0.29) is 0 Å². The van der Waals surface area contributed by atoms with E-state index in [1.54, 1.807) is 0 Å². The van der Waals surface area contributed by atoms with Gasteiger partial charge in [0.25, 0.3) is 0 Å². The molecule has 0 aromatic heterocycles. The summed E-state index contributed by atoms with van der Waals surface area (Å²) < 4.78 is 0. The summed E-state index contributed by atoms with van der Waals surface area (Å²) in [6.45, 7) is 8.83. The van der Waals surface area contributed by atoms with Gasteiger partial charge in [-0.1, -0.05) is 6.07 Å². The average molecular weight is 254 g/mol. The molecule has 0 N–H and O–H groups in total. The lowest BCUT2D eigenvalue weighted by Gasteiger charge is -2.29. The minimum absolute atomic E-state index is 0.422.